The fourth-order valence-electron chi connectivity index (χ4n) is 1.98. The largest absolute Gasteiger partial charge is 0.349 e. The summed E-state index contributed by atoms with van der Waals surface area (Å²) in [5.41, 5.74) is -0.0166. The van der Waals surface area contributed by atoms with Gasteiger partial charge < -0.3 is 15.5 Å². The Morgan fingerprint density at radius 3 is 2.43 bits per heavy atom. The number of likely N-dealkylation sites (N-methyl/N-ethyl adjacent to an activating group) is 1. The van der Waals surface area contributed by atoms with Crippen molar-refractivity contribution in [1.82, 2.24) is 5.32 Å². The Balaban J connectivity index is 2.70. The average Bonchev–Trinajstić information content (AvgIpc) is 2.45. The van der Waals surface area contributed by atoms with Crippen molar-refractivity contribution >= 4 is 23.2 Å². The summed E-state index contributed by atoms with van der Waals surface area (Å²) >= 11 is 0. The Labute approximate surface area is 135 Å². The lowest BCUT2D eigenvalue weighted by Crippen LogP contribution is -3.15. The van der Waals surface area contributed by atoms with Gasteiger partial charge in [0.25, 0.3) is 17.5 Å². The normalized spacial score (nSPS) is 13.3. The Bertz CT molecular complexity index is 589. The number of hydrogen-bond acceptors (Lipinski definition) is 4. The summed E-state index contributed by atoms with van der Waals surface area (Å²) in [6.45, 7) is 5.53. The van der Waals surface area contributed by atoms with E-state index in [-0.39, 0.29) is 35.8 Å². The molecule has 0 aliphatic carbocycles. The maximum Gasteiger partial charge on any atom is 0.292 e. The second-order valence-corrected chi connectivity index (χ2v) is 5.73. The van der Waals surface area contributed by atoms with Crippen molar-refractivity contribution < 1.29 is 19.4 Å². The lowest BCUT2D eigenvalue weighted by atomic mass is 10.2. The molecule has 0 saturated heterocycles. The standard InChI is InChI=1S/C15H22N4O4/c1-10(2)16-14(20)9-18(4)11(3)15(21)17-12-7-5-6-8-13(12)19(22)23/h5-8,10-11H,9H2,1-4H3,(H,16,20)(H,17,21)/p+1/t11-/m0/s1. The van der Waals surface area contributed by atoms with Crippen molar-refractivity contribution in [3.63, 3.8) is 0 Å². The fraction of sp³-hybridized carbons (Fsp3) is 0.467. The Kier molecular flexibility index (Phi) is 6.65. The number of carbonyl (C=O) groups is 2. The molecule has 1 rings (SSSR count). The molecule has 0 aromatic heterocycles. The average molecular weight is 323 g/mol. The predicted molar refractivity (Wildman–Crippen MR) is 86.2 cm³/mol. The number of amides is 2. The lowest BCUT2D eigenvalue weighted by Gasteiger charge is -2.21. The Morgan fingerprint density at radius 1 is 1.26 bits per heavy atom. The molecule has 0 spiro atoms. The number of carbonyl (C=O) groups excluding carboxylic acids is 2. The van der Waals surface area contributed by atoms with Gasteiger partial charge in [-0.1, -0.05) is 12.1 Å². The van der Waals surface area contributed by atoms with E-state index < -0.39 is 11.0 Å². The van der Waals surface area contributed by atoms with Crippen LogP contribution in [0.5, 0.6) is 0 Å². The number of nitro benzene ring substituents is 1. The van der Waals surface area contributed by atoms with Crippen molar-refractivity contribution in [2.45, 2.75) is 32.9 Å². The number of benzene rings is 1. The highest BCUT2D eigenvalue weighted by Crippen LogP contribution is 2.22. The van der Waals surface area contributed by atoms with Crippen LogP contribution in [0.15, 0.2) is 24.3 Å². The van der Waals surface area contributed by atoms with E-state index in [9.17, 15) is 19.7 Å². The maximum absolute atomic E-state index is 12.2. The van der Waals surface area contributed by atoms with Gasteiger partial charge >= 0.3 is 0 Å². The molecule has 23 heavy (non-hydrogen) atoms. The molecule has 1 unspecified atom stereocenters. The fourth-order valence-corrected chi connectivity index (χ4v) is 1.98. The third kappa shape index (κ3) is 5.67. The first-order valence-corrected chi connectivity index (χ1v) is 7.38. The van der Waals surface area contributed by atoms with Crippen molar-refractivity contribution in [3.05, 3.63) is 34.4 Å². The molecule has 2 atom stereocenters. The summed E-state index contributed by atoms with van der Waals surface area (Å²) in [7, 11) is 1.73. The minimum absolute atomic E-state index is 0.0337. The molecule has 1 aromatic carbocycles. The van der Waals surface area contributed by atoms with E-state index in [0.29, 0.717) is 4.90 Å². The molecule has 8 nitrogen and oxygen atoms in total. The van der Waals surface area contributed by atoms with E-state index >= 15 is 0 Å². The first kappa shape index (κ1) is 18.6. The molecule has 0 heterocycles. The predicted octanol–water partition coefficient (Wildman–Crippen LogP) is -0.0389. The highest BCUT2D eigenvalue weighted by Gasteiger charge is 2.26. The van der Waals surface area contributed by atoms with Crippen molar-refractivity contribution in [2.75, 3.05) is 18.9 Å². The summed E-state index contributed by atoms with van der Waals surface area (Å²) in [5.74, 6) is -0.531. The molecule has 0 saturated carbocycles. The van der Waals surface area contributed by atoms with Gasteiger partial charge in [-0.25, -0.2) is 0 Å². The number of rotatable bonds is 7. The molecule has 0 fully saturated rings. The van der Waals surface area contributed by atoms with Crippen LogP contribution in [0, 0.1) is 10.1 Å². The van der Waals surface area contributed by atoms with Crippen LogP contribution in [-0.2, 0) is 9.59 Å². The molecule has 3 N–H and O–H groups in total. The molecule has 126 valence electrons. The number of nitrogens with zero attached hydrogens (tertiary/aromatic N) is 1. The third-order valence-corrected chi connectivity index (χ3v) is 3.38. The lowest BCUT2D eigenvalue weighted by molar-refractivity contribution is -0.885. The minimum atomic E-state index is -0.549. The van der Waals surface area contributed by atoms with E-state index in [4.69, 9.17) is 0 Å². The summed E-state index contributed by atoms with van der Waals surface area (Å²) < 4.78 is 0. The van der Waals surface area contributed by atoms with Crippen molar-refractivity contribution in [2.24, 2.45) is 0 Å². The quantitative estimate of drug-likeness (QED) is 0.483. The molecule has 2 amide bonds. The van der Waals surface area contributed by atoms with Gasteiger partial charge in [0.15, 0.2) is 12.6 Å². The smallest absolute Gasteiger partial charge is 0.292 e. The van der Waals surface area contributed by atoms with Gasteiger partial charge in [0.05, 0.1) is 12.0 Å². The first-order chi connectivity index (χ1) is 10.7. The Hall–Kier alpha value is -2.48. The van der Waals surface area contributed by atoms with Gasteiger partial charge in [0.2, 0.25) is 0 Å². The van der Waals surface area contributed by atoms with Gasteiger partial charge in [-0.3, -0.25) is 19.7 Å². The molecule has 0 bridgehead atoms. The molecule has 1 aromatic rings. The number of nitrogens with one attached hydrogen (secondary N) is 3. The van der Waals surface area contributed by atoms with Crippen LogP contribution in [0.2, 0.25) is 0 Å². The van der Waals surface area contributed by atoms with E-state index in [1.807, 2.05) is 13.8 Å². The summed E-state index contributed by atoms with van der Waals surface area (Å²) in [4.78, 5) is 35.1. The van der Waals surface area contributed by atoms with Gasteiger partial charge in [-0.05, 0) is 26.8 Å². The van der Waals surface area contributed by atoms with Crippen LogP contribution >= 0.6 is 0 Å². The number of nitro groups is 1. The second kappa shape index (κ2) is 8.23. The zero-order valence-corrected chi connectivity index (χ0v) is 13.8. The van der Waals surface area contributed by atoms with Crippen molar-refractivity contribution in [3.8, 4) is 0 Å². The molecule has 8 heteroatoms. The van der Waals surface area contributed by atoms with Crippen LogP contribution in [0.3, 0.4) is 0 Å². The number of quaternary nitrogens is 1. The van der Waals surface area contributed by atoms with Crippen LogP contribution in [0.4, 0.5) is 11.4 Å². The third-order valence-electron chi connectivity index (χ3n) is 3.38. The molecular weight excluding hydrogens is 300 g/mol. The summed E-state index contributed by atoms with van der Waals surface area (Å²) in [5, 5.41) is 16.3. The first-order valence-electron chi connectivity index (χ1n) is 7.38. The maximum atomic E-state index is 12.2. The van der Waals surface area contributed by atoms with E-state index in [2.05, 4.69) is 10.6 Å². The van der Waals surface area contributed by atoms with Crippen LogP contribution < -0.4 is 15.5 Å². The van der Waals surface area contributed by atoms with Gasteiger partial charge in [0.1, 0.15) is 5.69 Å². The number of hydrogen-bond donors (Lipinski definition) is 3. The van der Waals surface area contributed by atoms with Crippen LogP contribution in [0.1, 0.15) is 20.8 Å². The monoisotopic (exact) mass is 323 g/mol. The highest BCUT2D eigenvalue weighted by molar-refractivity contribution is 5.95. The summed E-state index contributed by atoms with van der Waals surface area (Å²) in [6.07, 6.45) is 0. The Morgan fingerprint density at radius 2 is 1.87 bits per heavy atom. The van der Waals surface area contributed by atoms with E-state index in [0.717, 1.165) is 0 Å². The van der Waals surface area contributed by atoms with Crippen LogP contribution in [-0.4, -0.2) is 42.4 Å². The molecule has 0 aliphatic rings. The van der Waals surface area contributed by atoms with Gasteiger partial charge in [-0.2, -0.15) is 0 Å². The topological polar surface area (TPSA) is 106 Å². The highest BCUT2D eigenvalue weighted by atomic mass is 16.6. The minimum Gasteiger partial charge on any atom is -0.349 e. The SMILES string of the molecule is CC(C)NC(=O)C[NH+](C)[C@@H](C)C(=O)Nc1ccccc1[N+](=O)[O-]. The van der Waals surface area contributed by atoms with Crippen LogP contribution in [0.25, 0.3) is 0 Å². The van der Waals surface area contributed by atoms with Crippen molar-refractivity contribution in [1.29, 1.82) is 0 Å². The van der Waals surface area contributed by atoms with E-state index in [1.54, 1.807) is 20.0 Å². The summed E-state index contributed by atoms with van der Waals surface area (Å²) in [6, 6.07) is 5.44. The molecule has 0 radical (unpaired) electrons. The van der Waals surface area contributed by atoms with E-state index in [1.165, 1.54) is 18.2 Å². The number of anilines is 1. The molecule has 0 aliphatic heterocycles. The van der Waals surface area contributed by atoms with Gasteiger partial charge in [-0.15, -0.1) is 0 Å². The molecular formula is C15H23N4O4+. The number of para-hydroxylation sites is 2. The second-order valence-electron chi connectivity index (χ2n) is 5.73. The zero-order chi connectivity index (χ0) is 17.6. The van der Waals surface area contributed by atoms with Gasteiger partial charge in [0, 0.05) is 12.1 Å². The zero-order valence-electron chi connectivity index (χ0n) is 13.8.